The number of nitrogens with one attached hydrogen (secondary N) is 1. The van der Waals surface area contributed by atoms with Crippen molar-refractivity contribution in [1.82, 2.24) is 0 Å². The quantitative estimate of drug-likeness (QED) is 0.398. The van der Waals surface area contributed by atoms with Crippen LogP contribution in [0.5, 0.6) is 5.75 Å². The van der Waals surface area contributed by atoms with Crippen LogP contribution in [0.2, 0.25) is 5.02 Å². The standard InChI is InChI=1S/C15H18ClN3OS.HI/c1-10(14-4-3-7-21-14)9-18-15(17)19-11-5-6-13(20-2)12(16)8-11;/h3-8,10H,9H2,1-2H3,(H3,17,18,19);1H. The van der Waals surface area contributed by atoms with Crippen LogP contribution in [0.25, 0.3) is 0 Å². The molecule has 1 aromatic heterocycles. The highest BCUT2D eigenvalue weighted by molar-refractivity contribution is 14.0. The molecule has 4 nitrogen and oxygen atoms in total. The van der Waals surface area contributed by atoms with Gasteiger partial charge in [0, 0.05) is 16.5 Å². The van der Waals surface area contributed by atoms with Crippen LogP contribution in [0.1, 0.15) is 17.7 Å². The lowest BCUT2D eigenvalue weighted by molar-refractivity contribution is 0.415. The number of halogens is 2. The molecule has 1 atom stereocenters. The van der Waals surface area contributed by atoms with Crippen molar-refractivity contribution in [1.29, 1.82) is 0 Å². The Balaban J connectivity index is 0.00000242. The summed E-state index contributed by atoms with van der Waals surface area (Å²) < 4.78 is 5.11. The molecule has 7 heteroatoms. The van der Waals surface area contributed by atoms with Gasteiger partial charge in [0.2, 0.25) is 0 Å². The van der Waals surface area contributed by atoms with Crippen LogP contribution < -0.4 is 15.8 Å². The van der Waals surface area contributed by atoms with Gasteiger partial charge in [0.15, 0.2) is 5.96 Å². The SMILES string of the molecule is COc1ccc(NC(N)=NCC(C)c2cccs2)cc1Cl.I. The molecule has 0 aliphatic carbocycles. The lowest BCUT2D eigenvalue weighted by Gasteiger charge is -2.10. The van der Waals surface area contributed by atoms with E-state index in [2.05, 4.69) is 28.7 Å². The van der Waals surface area contributed by atoms with Gasteiger partial charge >= 0.3 is 0 Å². The molecular formula is C15H19ClIN3OS. The Morgan fingerprint density at radius 3 is 2.82 bits per heavy atom. The number of benzene rings is 1. The maximum atomic E-state index is 6.06. The second-order valence-electron chi connectivity index (χ2n) is 4.62. The molecule has 0 aliphatic rings. The highest BCUT2D eigenvalue weighted by Crippen LogP contribution is 2.27. The van der Waals surface area contributed by atoms with Crippen molar-refractivity contribution >= 4 is 58.6 Å². The first-order chi connectivity index (χ1) is 10.1. The highest BCUT2D eigenvalue weighted by atomic mass is 127. The molecule has 0 aliphatic heterocycles. The van der Waals surface area contributed by atoms with Crippen molar-refractivity contribution in [3.05, 3.63) is 45.6 Å². The molecule has 0 saturated heterocycles. The summed E-state index contributed by atoms with van der Waals surface area (Å²) in [7, 11) is 1.58. The van der Waals surface area contributed by atoms with Crippen molar-refractivity contribution in [3.63, 3.8) is 0 Å². The summed E-state index contributed by atoms with van der Waals surface area (Å²) >= 11 is 7.79. The minimum absolute atomic E-state index is 0. The maximum absolute atomic E-state index is 6.06. The molecular weight excluding hydrogens is 433 g/mol. The Hall–Kier alpha value is -0.990. The molecule has 0 amide bonds. The largest absolute Gasteiger partial charge is 0.495 e. The molecule has 1 unspecified atom stereocenters. The Morgan fingerprint density at radius 1 is 1.45 bits per heavy atom. The van der Waals surface area contributed by atoms with Gasteiger partial charge in [-0.1, -0.05) is 24.6 Å². The summed E-state index contributed by atoms with van der Waals surface area (Å²) in [6.45, 7) is 2.77. The molecule has 22 heavy (non-hydrogen) atoms. The summed E-state index contributed by atoms with van der Waals surface area (Å²) in [4.78, 5) is 5.67. The van der Waals surface area contributed by atoms with Gasteiger partial charge in [-0.25, -0.2) is 0 Å². The second kappa shape index (κ2) is 9.22. The molecule has 0 bridgehead atoms. The summed E-state index contributed by atoms with van der Waals surface area (Å²) in [6, 6.07) is 9.53. The fourth-order valence-electron chi connectivity index (χ4n) is 1.83. The first-order valence-corrected chi connectivity index (χ1v) is 7.79. The third-order valence-corrected chi connectivity index (χ3v) is 4.39. The number of methoxy groups -OCH3 is 1. The van der Waals surface area contributed by atoms with Crippen LogP contribution in [-0.2, 0) is 0 Å². The predicted octanol–water partition coefficient (Wildman–Crippen LogP) is 4.56. The molecule has 3 N–H and O–H groups in total. The lowest BCUT2D eigenvalue weighted by atomic mass is 10.1. The van der Waals surface area contributed by atoms with Gasteiger partial charge in [0.05, 0.1) is 18.7 Å². The first kappa shape index (κ1) is 19.1. The number of anilines is 1. The summed E-state index contributed by atoms with van der Waals surface area (Å²) in [6.07, 6.45) is 0. The topological polar surface area (TPSA) is 59.6 Å². The molecule has 1 heterocycles. The second-order valence-corrected chi connectivity index (χ2v) is 6.00. The van der Waals surface area contributed by atoms with E-state index >= 15 is 0 Å². The van der Waals surface area contributed by atoms with E-state index in [9.17, 15) is 0 Å². The monoisotopic (exact) mass is 451 g/mol. The molecule has 0 saturated carbocycles. The van der Waals surface area contributed by atoms with Crippen LogP contribution in [0, 0.1) is 0 Å². The summed E-state index contributed by atoms with van der Waals surface area (Å²) in [5.41, 5.74) is 6.68. The molecule has 1 aromatic carbocycles. The van der Waals surface area contributed by atoms with E-state index in [0.717, 1.165) is 5.69 Å². The van der Waals surface area contributed by atoms with Gasteiger partial charge in [-0.2, -0.15) is 0 Å². The van der Waals surface area contributed by atoms with Crippen LogP contribution in [0.3, 0.4) is 0 Å². The average molecular weight is 452 g/mol. The van der Waals surface area contributed by atoms with E-state index in [1.165, 1.54) is 4.88 Å². The molecule has 0 fully saturated rings. The van der Waals surface area contributed by atoms with E-state index < -0.39 is 0 Å². The third-order valence-electron chi connectivity index (χ3n) is 2.99. The number of ether oxygens (including phenoxy) is 1. The smallest absolute Gasteiger partial charge is 0.193 e. The fourth-order valence-corrected chi connectivity index (χ4v) is 2.86. The fraction of sp³-hybridized carbons (Fsp3) is 0.267. The predicted molar refractivity (Wildman–Crippen MR) is 106 cm³/mol. The number of hydrogen-bond donors (Lipinski definition) is 2. The lowest BCUT2D eigenvalue weighted by Crippen LogP contribution is -2.23. The Bertz CT molecular complexity index is 619. The molecule has 2 rings (SSSR count). The van der Waals surface area contributed by atoms with Gasteiger partial charge in [0.25, 0.3) is 0 Å². The zero-order chi connectivity index (χ0) is 15.2. The van der Waals surface area contributed by atoms with Gasteiger partial charge in [-0.15, -0.1) is 35.3 Å². The maximum Gasteiger partial charge on any atom is 0.193 e. The first-order valence-electron chi connectivity index (χ1n) is 6.54. The summed E-state index contributed by atoms with van der Waals surface area (Å²) in [5.74, 6) is 1.36. The zero-order valence-electron chi connectivity index (χ0n) is 12.4. The van der Waals surface area contributed by atoms with Crippen LogP contribution in [0.15, 0.2) is 40.7 Å². The molecule has 120 valence electrons. The number of rotatable bonds is 5. The Kier molecular flexibility index (Phi) is 7.98. The van der Waals surface area contributed by atoms with E-state index in [1.54, 1.807) is 30.6 Å². The normalized spacial score (nSPS) is 12.4. The van der Waals surface area contributed by atoms with Crippen molar-refractivity contribution in [2.24, 2.45) is 10.7 Å². The van der Waals surface area contributed by atoms with E-state index in [0.29, 0.717) is 29.2 Å². The van der Waals surface area contributed by atoms with Crippen molar-refractivity contribution in [3.8, 4) is 5.75 Å². The number of nitrogens with two attached hydrogens (primary N) is 1. The number of aliphatic imine (C=N–C) groups is 1. The number of guanidine groups is 1. The summed E-state index contributed by atoms with van der Waals surface area (Å²) in [5, 5.41) is 5.62. The Labute approximate surface area is 156 Å². The molecule has 0 radical (unpaired) electrons. The molecule has 2 aromatic rings. The molecule has 0 spiro atoms. The van der Waals surface area contributed by atoms with Gasteiger partial charge in [-0.3, -0.25) is 4.99 Å². The van der Waals surface area contributed by atoms with E-state index in [4.69, 9.17) is 22.1 Å². The highest BCUT2D eigenvalue weighted by Gasteiger charge is 2.06. The van der Waals surface area contributed by atoms with Crippen molar-refractivity contribution < 1.29 is 4.74 Å². The van der Waals surface area contributed by atoms with Crippen LogP contribution in [-0.4, -0.2) is 19.6 Å². The number of nitrogens with zero attached hydrogens (tertiary/aromatic N) is 1. The van der Waals surface area contributed by atoms with Crippen LogP contribution >= 0.6 is 46.9 Å². The van der Waals surface area contributed by atoms with Crippen LogP contribution in [0.4, 0.5) is 5.69 Å². The van der Waals surface area contributed by atoms with Crippen molar-refractivity contribution in [2.75, 3.05) is 19.0 Å². The Morgan fingerprint density at radius 2 is 2.23 bits per heavy atom. The minimum Gasteiger partial charge on any atom is -0.495 e. The van der Waals surface area contributed by atoms with E-state index in [1.807, 2.05) is 12.1 Å². The zero-order valence-corrected chi connectivity index (χ0v) is 16.3. The van der Waals surface area contributed by atoms with Crippen molar-refractivity contribution in [2.45, 2.75) is 12.8 Å². The van der Waals surface area contributed by atoms with Gasteiger partial charge in [-0.05, 0) is 29.6 Å². The number of hydrogen-bond acceptors (Lipinski definition) is 3. The van der Waals surface area contributed by atoms with E-state index in [-0.39, 0.29) is 24.0 Å². The number of thiophene rings is 1. The average Bonchev–Trinajstić information content (AvgIpc) is 2.99. The minimum atomic E-state index is 0. The van der Waals surface area contributed by atoms with Gasteiger partial charge < -0.3 is 15.8 Å². The third kappa shape index (κ3) is 5.33. The van der Waals surface area contributed by atoms with Gasteiger partial charge in [0.1, 0.15) is 5.75 Å².